The molecule has 2 N–H and O–H groups in total. The van der Waals surface area contributed by atoms with Gasteiger partial charge in [-0.2, -0.15) is 10.2 Å². The summed E-state index contributed by atoms with van der Waals surface area (Å²) < 4.78 is 3.30. The van der Waals surface area contributed by atoms with Gasteiger partial charge in [-0.25, -0.2) is 4.68 Å². The number of amides is 2. The van der Waals surface area contributed by atoms with Crippen molar-refractivity contribution in [3.05, 3.63) is 53.5 Å². The highest BCUT2D eigenvalue weighted by molar-refractivity contribution is 6.04. The second-order valence-corrected chi connectivity index (χ2v) is 7.05. The number of carbonyl (C=O) groups excluding carboxylic acids is 2. The first-order valence-electron chi connectivity index (χ1n) is 9.22. The van der Waals surface area contributed by atoms with Crippen molar-refractivity contribution in [3.63, 3.8) is 0 Å². The standard InChI is InChI=1S/C20H22N6O2/c1-12-18(13(2)25(3)23-12)22-20(28)16-11-17(21-19(27)14-9-10-14)26(24-16)15-7-5-4-6-8-15/h4-8,11,14H,9-10H2,1-3H3,(H,21,27)(H,22,28). The normalized spacial score (nSPS) is 13.4. The van der Waals surface area contributed by atoms with Crippen LogP contribution in [0.25, 0.3) is 5.69 Å². The molecule has 0 bridgehead atoms. The largest absolute Gasteiger partial charge is 0.317 e. The maximum Gasteiger partial charge on any atom is 0.276 e. The van der Waals surface area contributed by atoms with E-state index in [0.717, 1.165) is 29.9 Å². The molecule has 0 unspecified atom stereocenters. The summed E-state index contributed by atoms with van der Waals surface area (Å²) in [6.07, 6.45) is 1.80. The van der Waals surface area contributed by atoms with Crippen molar-refractivity contribution in [2.45, 2.75) is 26.7 Å². The van der Waals surface area contributed by atoms with Crippen LogP contribution in [-0.4, -0.2) is 31.4 Å². The van der Waals surface area contributed by atoms with Gasteiger partial charge in [0.25, 0.3) is 5.91 Å². The fourth-order valence-corrected chi connectivity index (χ4v) is 3.05. The van der Waals surface area contributed by atoms with E-state index >= 15 is 0 Å². The quantitative estimate of drug-likeness (QED) is 0.714. The van der Waals surface area contributed by atoms with Crippen LogP contribution in [0.2, 0.25) is 0 Å². The third kappa shape index (κ3) is 3.40. The molecule has 8 nitrogen and oxygen atoms in total. The van der Waals surface area contributed by atoms with Gasteiger partial charge in [0.05, 0.1) is 22.8 Å². The average Bonchev–Trinajstić information content (AvgIpc) is 3.41. The maximum absolute atomic E-state index is 12.8. The third-order valence-corrected chi connectivity index (χ3v) is 4.89. The zero-order chi connectivity index (χ0) is 19.8. The molecule has 1 fully saturated rings. The fourth-order valence-electron chi connectivity index (χ4n) is 3.05. The number of nitrogens with one attached hydrogen (secondary N) is 2. The molecule has 28 heavy (non-hydrogen) atoms. The molecule has 2 amide bonds. The van der Waals surface area contributed by atoms with Crippen LogP contribution < -0.4 is 10.6 Å². The lowest BCUT2D eigenvalue weighted by atomic mass is 10.3. The zero-order valence-electron chi connectivity index (χ0n) is 16.1. The summed E-state index contributed by atoms with van der Waals surface area (Å²) in [7, 11) is 1.83. The summed E-state index contributed by atoms with van der Waals surface area (Å²) in [5.74, 6) is 0.142. The molecule has 2 heterocycles. The van der Waals surface area contributed by atoms with Gasteiger partial charge in [0, 0.05) is 19.0 Å². The van der Waals surface area contributed by atoms with Crippen LogP contribution in [0, 0.1) is 19.8 Å². The SMILES string of the molecule is Cc1nn(C)c(C)c1NC(=O)c1cc(NC(=O)C2CC2)n(-c2ccccc2)n1. The third-order valence-electron chi connectivity index (χ3n) is 4.89. The van der Waals surface area contributed by atoms with E-state index in [2.05, 4.69) is 20.8 Å². The lowest BCUT2D eigenvalue weighted by Gasteiger charge is -2.08. The minimum absolute atomic E-state index is 0.0389. The Labute approximate surface area is 162 Å². The molecule has 144 valence electrons. The van der Waals surface area contributed by atoms with Crippen LogP contribution in [0.1, 0.15) is 34.7 Å². The summed E-state index contributed by atoms with van der Waals surface area (Å²) in [4.78, 5) is 25.1. The molecule has 1 aromatic carbocycles. The highest BCUT2D eigenvalue weighted by atomic mass is 16.2. The van der Waals surface area contributed by atoms with Crippen molar-refractivity contribution in [2.24, 2.45) is 13.0 Å². The highest BCUT2D eigenvalue weighted by Crippen LogP contribution is 2.31. The van der Waals surface area contributed by atoms with Crippen LogP contribution >= 0.6 is 0 Å². The molecule has 3 aromatic rings. The van der Waals surface area contributed by atoms with E-state index in [0.29, 0.717) is 11.5 Å². The number of aryl methyl sites for hydroxylation is 2. The molecule has 8 heteroatoms. The van der Waals surface area contributed by atoms with Crippen molar-refractivity contribution in [3.8, 4) is 5.69 Å². The topological polar surface area (TPSA) is 93.8 Å². The highest BCUT2D eigenvalue weighted by Gasteiger charge is 2.30. The summed E-state index contributed by atoms with van der Waals surface area (Å²) in [5.41, 5.74) is 3.25. The number of nitrogens with zero attached hydrogens (tertiary/aromatic N) is 4. The van der Waals surface area contributed by atoms with Gasteiger partial charge in [0.1, 0.15) is 5.82 Å². The lowest BCUT2D eigenvalue weighted by molar-refractivity contribution is -0.117. The van der Waals surface area contributed by atoms with Gasteiger partial charge >= 0.3 is 0 Å². The Hall–Kier alpha value is -3.42. The van der Waals surface area contributed by atoms with E-state index in [-0.39, 0.29) is 23.4 Å². The minimum atomic E-state index is -0.351. The Morgan fingerprint density at radius 1 is 1.07 bits per heavy atom. The molecule has 1 aliphatic carbocycles. The number of carbonyl (C=O) groups is 2. The van der Waals surface area contributed by atoms with Crippen LogP contribution in [0.3, 0.4) is 0 Å². The lowest BCUT2D eigenvalue weighted by Crippen LogP contribution is -2.16. The molecule has 1 aliphatic rings. The predicted octanol–water partition coefficient (Wildman–Crippen LogP) is 2.82. The summed E-state index contributed by atoms with van der Waals surface area (Å²) in [6.45, 7) is 3.73. The van der Waals surface area contributed by atoms with Crippen LogP contribution in [0.15, 0.2) is 36.4 Å². The van der Waals surface area contributed by atoms with Crippen molar-refractivity contribution >= 4 is 23.3 Å². The molecule has 0 atom stereocenters. The maximum atomic E-state index is 12.8. The molecule has 0 saturated heterocycles. The Balaban J connectivity index is 1.66. The van der Waals surface area contributed by atoms with E-state index in [9.17, 15) is 9.59 Å². The minimum Gasteiger partial charge on any atom is -0.317 e. The van der Waals surface area contributed by atoms with Crippen molar-refractivity contribution in [1.29, 1.82) is 0 Å². The van der Waals surface area contributed by atoms with Gasteiger partial charge < -0.3 is 10.6 Å². The van der Waals surface area contributed by atoms with Gasteiger partial charge in [0.15, 0.2) is 5.69 Å². The fraction of sp³-hybridized carbons (Fsp3) is 0.300. The van der Waals surface area contributed by atoms with Crippen LogP contribution in [0.4, 0.5) is 11.5 Å². The number of rotatable bonds is 5. The van der Waals surface area contributed by atoms with Crippen molar-refractivity contribution in [2.75, 3.05) is 10.6 Å². The summed E-state index contributed by atoms with van der Waals surface area (Å²) >= 11 is 0. The van der Waals surface area contributed by atoms with E-state index in [4.69, 9.17) is 0 Å². The Bertz CT molecular complexity index is 1050. The molecule has 4 rings (SSSR count). The number of benzene rings is 1. The van der Waals surface area contributed by atoms with Crippen LogP contribution in [0.5, 0.6) is 0 Å². The Morgan fingerprint density at radius 2 is 1.79 bits per heavy atom. The zero-order valence-corrected chi connectivity index (χ0v) is 16.1. The van der Waals surface area contributed by atoms with E-state index in [1.165, 1.54) is 0 Å². The number of hydrogen-bond donors (Lipinski definition) is 2. The first-order chi connectivity index (χ1) is 13.4. The smallest absolute Gasteiger partial charge is 0.276 e. The van der Waals surface area contributed by atoms with Crippen molar-refractivity contribution < 1.29 is 9.59 Å². The van der Waals surface area contributed by atoms with Gasteiger partial charge in [-0.15, -0.1) is 0 Å². The summed E-state index contributed by atoms with van der Waals surface area (Å²) in [6, 6.07) is 11.0. The molecule has 1 saturated carbocycles. The van der Waals surface area contributed by atoms with Crippen LogP contribution in [-0.2, 0) is 11.8 Å². The second kappa shape index (κ2) is 6.95. The molecular formula is C20H22N6O2. The number of para-hydroxylation sites is 1. The van der Waals surface area contributed by atoms with Gasteiger partial charge in [-0.1, -0.05) is 18.2 Å². The molecule has 0 radical (unpaired) electrons. The molecule has 2 aromatic heterocycles. The monoisotopic (exact) mass is 378 g/mol. The van der Waals surface area contributed by atoms with Gasteiger partial charge in [0.2, 0.25) is 5.91 Å². The summed E-state index contributed by atoms with van der Waals surface area (Å²) in [5, 5.41) is 14.5. The molecule has 0 aliphatic heterocycles. The van der Waals surface area contributed by atoms with Gasteiger partial charge in [-0.05, 0) is 38.8 Å². The number of aromatic nitrogens is 4. The number of anilines is 2. The second-order valence-electron chi connectivity index (χ2n) is 7.05. The molecule has 0 spiro atoms. The number of hydrogen-bond acceptors (Lipinski definition) is 4. The van der Waals surface area contributed by atoms with E-state index in [1.807, 2.05) is 51.2 Å². The first kappa shape index (κ1) is 18.0. The van der Waals surface area contributed by atoms with E-state index in [1.54, 1.807) is 15.4 Å². The van der Waals surface area contributed by atoms with E-state index < -0.39 is 0 Å². The van der Waals surface area contributed by atoms with Gasteiger partial charge in [-0.3, -0.25) is 14.3 Å². The van der Waals surface area contributed by atoms with Crippen molar-refractivity contribution in [1.82, 2.24) is 19.6 Å². The predicted molar refractivity (Wildman–Crippen MR) is 106 cm³/mol. The Morgan fingerprint density at radius 3 is 2.39 bits per heavy atom. The average molecular weight is 378 g/mol. The molecular weight excluding hydrogens is 356 g/mol. The Kier molecular flexibility index (Phi) is 4.46. The first-order valence-corrected chi connectivity index (χ1v) is 9.22.